The van der Waals surface area contributed by atoms with Gasteiger partial charge in [-0.1, -0.05) is 6.58 Å². The monoisotopic (exact) mass is 372 g/mol. The highest BCUT2D eigenvalue weighted by molar-refractivity contribution is 14.1. The van der Waals surface area contributed by atoms with E-state index in [-0.39, 0.29) is 5.91 Å². The van der Waals surface area contributed by atoms with Crippen molar-refractivity contribution in [1.82, 2.24) is 25.1 Å². The SMILES string of the molecule is C=CC(=O)NCCCn1nc(I)c2c(N)ncnc21. The highest BCUT2D eigenvalue weighted by Gasteiger charge is 2.12. The number of carbonyl (C=O) groups is 1. The maximum absolute atomic E-state index is 11.0. The summed E-state index contributed by atoms with van der Waals surface area (Å²) in [6, 6.07) is 0. The van der Waals surface area contributed by atoms with Crippen molar-refractivity contribution < 1.29 is 4.79 Å². The van der Waals surface area contributed by atoms with Crippen molar-refractivity contribution >= 4 is 45.3 Å². The van der Waals surface area contributed by atoms with Crippen LogP contribution in [-0.4, -0.2) is 32.2 Å². The van der Waals surface area contributed by atoms with Crippen molar-refractivity contribution in [3.8, 4) is 0 Å². The van der Waals surface area contributed by atoms with Crippen molar-refractivity contribution in [1.29, 1.82) is 0 Å². The first-order valence-corrected chi connectivity index (χ1v) is 6.74. The third-order valence-electron chi connectivity index (χ3n) is 2.55. The van der Waals surface area contributed by atoms with E-state index < -0.39 is 0 Å². The molecule has 0 radical (unpaired) electrons. The summed E-state index contributed by atoms with van der Waals surface area (Å²) in [5, 5.41) is 7.86. The Balaban J connectivity index is 2.07. The average Bonchev–Trinajstić information content (AvgIpc) is 2.72. The van der Waals surface area contributed by atoms with Gasteiger partial charge in [0.05, 0.1) is 5.39 Å². The Morgan fingerprint density at radius 2 is 2.37 bits per heavy atom. The number of nitrogens with two attached hydrogens (primary N) is 1. The van der Waals surface area contributed by atoms with Gasteiger partial charge in [0.2, 0.25) is 5.91 Å². The Labute approximate surface area is 123 Å². The second-order valence-corrected chi connectivity index (χ2v) is 4.84. The molecule has 0 spiro atoms. The Morgan fingerprint density at radius 3 is 3.11 bits per heavy atom. The van der Waals surface area contributed by atoms with Gasteiger partial charge in [-0.2, -0.15) is 5.10 Å². The number of aromatic nitrogens is 4. The molecule has 0 saturated carbocycles. The summed E-state index contributed by atoms with van der Waals surface area (Å²) in [4.78, 5) is 19.1. The summed E-state index contributed by atoms with van der Waals surface area (Å²) in [6.07, 6.45) is 3.42. The second kappa shape index (κ2) is 5.95. The summed E-state index contributed by atoms with van der Waals surface area (Å²) < 4.78 is 2.55. The molecule has 2 rings (SSSR count). The van der Waals surface area contributed by atoms with Crippen molar-refractivity contribution in [3.63, 3.8) is 0 Å². The van der Waals surface area contributed by atoms with Gasteiger partial charge in [0.15, 0.2) is 5.65 Å². The minimum Gasteiger partial charge on any atom is -0.383 e. The fourth-order valence-corrected chi connectivity index (χ4v) is 2.43. The number of hydrogen-bond acceptors (Lipinski definition) is 5. The van der Waals surface area contributed by atoms with E-state index in [9.17, 15) is 4.79 Å². The number of nitrogens with zero attached hydrogens (tertiary/aromatic N) is 4. The van der Waals surface area contributed by atoms with Gasteiger partial charge < -0.3 is 11.1 Å². The van der Waals surface area contributed by atoms with Gasteiger partial charge in [-0.05, 0) is 35.1 Å². The molecule has 100 valence electrons. The van der Waals surface area contributed by atoms with Gasteiger partial charge >= 0.3 is 0 Å². The van der Waals surface area contributed by atoms with Crippen LogP contribution in [0.15, 0.2) is 19.0 Å². The smallest absolute Gasteiger partial charge is 0.243 e. The Hall–Kier alpha value is -1.71. The highest BCUT2D eigenvalue weighted by Crippen LogP contribution is 2.22. The molecule has 2 aromatic heterocycles. The number of fused-ring (bicyclic) bond motifs is 1. The fourth-order valence-electron chi connectivity index (χ4n) is 1.65. The van der Waals surface area contributed by atoms with Crippen LogP contribution in [0.25, 0.3) is 11.0 Å². The molecule has 3 N–H and O–H groups in total. The largest absolute Gasteiger partial charge is 0.383 e. The predicted octanol–water partition coefficient (Wildman–Crippen LogP) is 0.705. The molecule has 0 aliphatic heterocycles. The van der Waals surface area contributed by atoms with Crippen molar-refractivity contribution in [2.24, 2.45) is 0 Å². The molecule has 0 fully saturated rings. The fraction of sp³-hybridized carbons (Fsp3) is 0.273. The van der Waals surface area contributed by atoms with Crippen LogP contribution in [0.5, 0.6) is 0 Å². The summed E-state index contributed by atoms with van der Waals surface area (Å²) in [7, 11) is 0. The number of hydrogen-bond donors (Lipinski definition) is 2. The summed E-state index contributed by atoms with van der Waals surface area (Å²) in [5.74, 6) is 0.257. The van der Waals surface area contributed by atoms with Gasteiger partial charge in [0.1, 0.15) is 15.8 Å². The summed E-state index contributed by atoms with van der Waals surface area (Å²) in [6.45, 7) is 4.60. The highest BCUT2D eigenvalue weighted by atomic mass is 127. The van der Waals surface area contributed by atoms with E-state index in [1.807, 2.05) is 0 Å². The number of rotatable bonds is 5. The molecule has 8 heteroatoms. The molecule has 2 heterocycles. The Morgan fingerprint density at radius 1 is 1.58 bits per heavy atom. The van der Waals surface area contributed by atoms with Crippen LogP contribution in [0.1, 0.15) is 6.42 Å². The van der Waals surface area contributed by atoms with Crippen LogP contribution in [0, 0.1) is 3.70 Å². The molecule has 19 heavy (non-hydrogen) atoms. The molecule has 0 saturated heterocycles. The van der Waals surface area contributed by atoms with Gasteiger partial charge in [-0.25, -0.2) is 14.6 Å². The lowest BCUT2D eigenvalue weighted by atomic mass is 10.4. The van der Waals surface area contributed by atoms with Gasteiger partial charge in [-0.15, -0.1) is 0 Å². The number of amides is 1. The maximum atomic E-state index is 11.0. The average molecular weight is 372 g/mol. The van der Waals surface area contributed by atoms with E-state index in [1.165, 1.54) is 12.4 Å². The minimum absolute atomic E-state index is 0.175. The first-order chi connectivity index (χ1) is 9.13. The lowest BCUT2D eigenvalue weighted by Gasteiger charge is -2.03. The molecule has 0 atom stereocenters. The van der Waals surface area contributed by atoms with Crippen LogP contribution in [0.3, 0.4) is 0 Å². The van der Waals surface area contributed by atoms with E-state index in [0.29, 0.717) is 24.6 Å². The molecule has 0 aromatic carbocycles. The zero-order valence-corrected chi connectivity index (χ0v) is 12.3. The Bertz CT molecular complexity index is 623. The van der Waals surface area contributed by atoms with Gasteiger partial charge in [-0.3, -0.25) is 4.79 Å². The van der Waals surface area contributed by atoms with Crippen molar-refractivity contribution in [2.45, 2.75) is 13.0 Å². The molecular formula is C11H13IN6O. The van der Waals surface area contributed by atoms with E-state index in [4.69, 9.17) is 5.73 Å². The van der Waals surface area contributed by atoms with Crippen LogP contribution in [0.4, 0.5) is 5.82 Å². The topological polar surface area (TPSA) is 98.7 Å². The van der Waals surface area contributed by atoms with Crippen LogP contribution < -0.4 is 11.1 Å². The summed E-state index contributed by atoms with van der Waals surface area (Å²) >= 11 is 2.11. The molecule has 0 aliphatic carbocycles. The van der Waals surface area contributed by atoms with Crippen molar-refractivity contribution in [3.05, 3.63) is 22.7 Å². The number of halogens is 1. The number of anilines is 1. The van der Waals surface area contributed by atoms with E-state index >= 15 is 0 Å². The van der Waals surface area contributed by atoms with Crippen molar-refractivity contribution in [2.75, 3.05) is 12.3 Å². The first kappa shape index (κ1) is 13.7. The zero-order valence-electron chi connectivity index (χ0n) is 10.1. The zero-order chi connectivity index (χ0) is 13.8. The third kappa shape index (κ3) is 3.00. The van der Waals surface area contributed by atoms with E-state index in [2.05, 4.69) is 49.6 Å². The standard InChI is InChI=1S/C11H13IN6O/c1-2-7(19)14-4-3-5-18-11-8(9(12)17-18)10(13)15-6-16-11/h2,6H,1,3-5H2,(H,14,19)(H2,13,15,16). The summed E-state index contributed by atoms with van der Waals surface area (Å²) in [5.41, 5.74) is 6.52. The van der Waals surface area contributed by atoms with Crippen LogP contribution in [-0.2, 0) is 11.3 Å². The number of nitrogen functional groups attached to an aromatic ring is 1. The second-order valence-electron chi connectivity index (χ2n) is 3.82. The quantitative estimate of drug-likeness (QED) is 0.458. The minimum atomic E-state index is -0.175. The molecule has 7 nitrogen and oxygen atoms in total. The molecule has 0 aliphatic rings. The maximum Gasteiger partial charge on any atom is 0.243 e. The van der Waals surface area contributed by atoms with Gasteiger partial charge in [0.25, 0.3) is 0 Å². The first-order valence-electron chi connectivity index (χ1n) is 5.66. The Kier molecular flexibility index (Phi) is 4.30. The number of nitrogens with one attached hydrogen (secondary N) is 1. The van der Waals surface area contributed by atoms with Gasteiger partial charge in [0, 0.05) is 13.1 Å². The van der Waals surface area contributed by atoms with Crippen LogP contribution in [0.2, 0.25) is 0 Å². The molecule has 0 unspecified atom stereocenters. The van der Waals surface area contributed by atoms with E-state index in [0.717, 1.165) is 15.5 Å². The lowest BCUT2D eigenvalue weighted by Crippen LogP contribution is -2.23. The van der Waals surface area contributed by atoms with E-state index in [1.54, 1.807) is 4.68 Å². The third-order valence-corrected chi connectivity index (χ3v) is 3.30. The lowest BCUT2D eigenvalue weighted by molar-refractivity contribution is -0.116. The predicted molar refractivity (Wildman–Crippen MR) is 80.3 cm³/mol. The van der Waals surface area contributed by atoms with Crippen LogP contribution >= 0.6 is 22.6 Å². The normalized spacial score (nSPS) is 10.6. The molecular weight excluding hydrogens is 359 g/mol. The molecule has 1 amide bonds. The number of aryl methyl sites for hydroxylation is 1. The number of carbonyl (C=O) groups excluding carboxylic acids is 1. The molecule has 0 bridgehead atoms. The molecule has 2 aromatic rings.